The Balaban J connectivity index is 3.05. The van der Waals surface area contributed by atoms with E-state index in [0.29, 0.717) is 11.1 Å². The number of hydrogen-bond acceptors (Lipinski definition) is 3. The number of hydrogen-bond donors (Lipinski definition) is 0. The predicted octanol–water partition coefficient (Wildman–Crippen LogP) is 1.11. The fraction of sp³-hybridized carbons (Fsp3) is 0.375. The van der Waals surface area contributed by atoms with Gasteiger partial charge in [-0.3, -0.25) is 14.9 Å². The molecular weight excluding hydrogens is 158 g/mol. The molecule has 0 saturated carbocycles. The van der Waals surface area contributed by atoms with E-state index >= 15 is 0 Å². The van der Waals surface area contributed by atoms with Crippen LogP contribution in [0.3, 0.4) is 0 Å². The van der Waals surface area contributed by atoms with Crippen LogP contribution in [-0.4, -0.2) is 16.7 Å². The zero-order chi connectivity index (χ0) is 9.30. The summed E-state index contributed by atoms with van der Waals surface area (Å²) in [6.45, 7) is 3.18. The molecule has 0 spiro atoms. The van der Waals surface area contributed by atoms with E-state index in [1.807, 2.05) is 0 Å². The van der Waals surface area contributed by atoms with Crippen LogP contribution in [0.1, 0.15) is 13.8 Å². The molecule has 0 radical (unpaired) electrons. The van der Waals surface area contributed by atoms with Crippen molar-refractivity contribution < 1.29 is 9.72 Å². The van der Waals surface area contributed by atoms with Crippen molar-refractivity contribution in [2.24, 2.45) is 0 Å². The smallest absolute Gasteiger partial charge is 0.286 e. The van der Waals surface area contributed by atoms with Gasteiger partial charge in [0, 0.05) is 10.5 Å². The summed E-state index contributed by atoms with van der Waals surface area (Å²) < 4.78 is 0. The normalized spacial score (nSPS) is 23.2. The first kappa shape index (κ1) is 8.64. The third-order valence-electron chi connectivity index (χ3n) is 1.88. The molecule has 4 heteroatoms. The lowest BCUT2D eigenvalue weighted by Crippen LogP contribution is -2.32. The summed E-state index contributed by atoms with van der Waals surface area (Å²) >= 11 is 0. The van der Waals surface area contributed by atoms with E-state index in [0.717, 1.165) is 0 Å². The summed E-state index contributed by atoms with van der Waals surface area (Å²) in [6.07, 6.45) is 3.22. The van der Waals surface area contributed by atoms with E-state index in [1.54, 1.807) is 26.0 Å². The number of nitro groups is 1. The van der Waals surface area contributed by atoms with Crippen molar-refractivity contribution in [3.05, 3.63) is 33.4 Å². The molecule has 0 aliphatic heterocycles. The van der Waals surface area contributed by atoms with Crippen LogP contribution in [0.4, 0.5) is 0 Å². The van der Waals surface area contributed by atoms with Gasteiger partial charge in [-0.25, -0.2) is 0 Å². The maximum absolute atomic E-state index is 11.2. The molecule has 64 valence electrons. The Bertz CT molecular complexity index is 299. The predicted molar refractivity (Wildman–Crippen MR) is 43.3 cm³/mol. The number of Topliss-reactive ketones (excluding diaryl/α,β-unsaturated/α-hetero) is 1. The SMILES string of the molecule is CC1=CC=C(C)C([N+](=O)[O-])C1=O. The van der Waals surface area contributed by atoms with Gasteiger partial charge in [0.25, 0.3) is 6.04 Å². The van der Waals surface area contributed by atoms with Crippen molar-refractivity contribution in [2.45, 2.75) is 19.9 Å². The summed E-state index contributed by atoms with van der Waals surface area (Å²) in [4.78, 5) is 21.1. The van der Waals surface area contributed by atoms with Crippen LogP contribution in [0.2, 0.25) is 0 Å². The highest BCUT2D eigenvalue weighted by Crippen LogP contribution is 2.16. The number of carbonyl (C=O) groups excluding carboxylic acids is 1. The lowest BCUT2D eigenvalue weighted by Gasteiger charge is -2.12. The standard InChI is InChI=1S/C8H9NO3/c1-5-3-4-6(2)8(10)7(5)9(11)12/h3-4,7H,1-2H3. The molecular formula is C8H9NO3. The molecule has 0 heterocycles. The van der Waals surface area contributed by atoms with Gasteiger partial charge >= 0.3 is 0 Å². The fourth-order valence-corrected chi connectivity index (χ4v) is 1.11. The number of ketones is 1. The van der Waals surface area contributed by atoms with E-state index in [-0.39, 0.29) is 0 Å². The zero-order valence-electron chi connectivity index (χ0n) is 6.90. The van der Waals surface area contributed by atoms with Gasteiger partial charge in [-0.15, -0.1) is 0 Å². The maximum Gasteiger partial charge on any atom is 0.295 e. The number of allylic oxidation sites excluding steroid dienone is 2. The zero-order valence-corrected chi connectivity index (χ0v) is 6.90. The first-order valence-corrected chi connectivity index (χ1v) is 3.57. The Morgan fingerprint density at radius 1 is 1.42 bits per heavy atom. The summed E-state index contributed by atoms with van der Waals surface area (Å²) in [6, 6.07) is -1.16. The van der Waals surface area contributed by atoms with Crippen molar-refractivity contribution in [3.63, 3.8) is 0 Å². The van der Waals surface area contributed by atoms with Gasteiger partial charge in [-0.2, -0.15) is 0 Å². The van der Waals surface area contributed by atoms with Crippen molar-refractivity contribution in [1.82, 2.24) is 0 Å². The van der Waals surface area contributed by atoms with Crippen LogP contribution in [0.25, 0.3) is 0 Å². The molecule has 0 N–H and O–H groups in total. The van der Waals surface area contributed by atoms with Gasteiger partial charge in [-0.1, -0.05) is 12.2 Å². The molecule has 1 aliphatic rings. The Kier molecular flexibility index (Phi) is 2.08. The average Bonchev–Trinajstić information content (AvgIpc) is 1.97. The van der Waals surface area contributed by atoms with E-state index in [2.05, 4.69) is 0 Å². The van der Waals surface area contributed by atoms with Crippen LogP contribution in [0.5, 0.6) is 0 Å². The van der Waals surface area contributed by atoms with Gasteiger partial charge in [0.2, 0.25) is 5.78 Å². The minimum atomic E-state index is -1.16. The van der Waals surface area contributed by atoms with Crippen molar-refractivity contribution in [2.75, 3.05) is 0 Å². The molecule has 0 aromatic carbocycles. The Morgan fingerprint density at radius 3 is 2.42 bits per heavy atom. The quantitative estimate of drug-likeness (QED) is 0.434. The van der Waals surface area contributed by atoms with Crippen molar-refractivity contribution in [1.29, 1.82) is 0 Å². The molecule has 0 fully saturated rings. The second-order valence-corrected chi connectivity index (χ2v) is 2.81. The third kappa shape index (κ3) is 1.28. The molecule has 0 aromatic heterocycles. The van der Waals surface area contributed by atoms with Crippen LogP contribution >= 0.6 is 0 Å². The van der Waals surface area contributed by atoms with Gasteiger partial charge in [0.15, 0.2) is 0 Å². The molecule has 1 aliphatic carbocycles. The van der Waals surface area contributed by atoms with Gasteiger partial charge < -0.3 is 0 Å². The van der Waals surface area contributed by atoms with E-state index in [4.69, 9.17) is 0 Å². The van der Waals surface area contributed by atoms with E-state index in [9.17, 15) is 14.9 Å². The van der Waals surface area contributed by atoms with Crippen LogP contribution in [0.15, 0.2) is 23.3 Å². The summed E-state index contributed by atoms with van der Waals surface area (Å²) in [5.41, 5.74) is 0.943. The molecule has 1 atom stereocenters. The molecule has 0 amide bonds. The monoisotopic (exact) mass is 167 g/mol. The number of nitrogens with zero attached hydrogens (tertiary/aromatic N) is 1. The molecule has 0 saturated heterocycles. The summed E-state index contributed by atoms with van der Waals surface area (Å²) in [7, 11) is 0. The molecule has 4 nitrogen and oxygen atoms in total. The molecule has 1 rings (SSSR count). The van der Waals surface area contributed by atoms with Gasteiger partial charge in [0.1, 0.15) is 0 Å². The number of carbonyl (C=O) groups is 1. The molecule has 1 unspecified atom stereocenters. The largest absolute Gasteiger partial charge is 0.295 e. The molecule has 0 bridgehead atoms. The first-order valence-electron chi connectivity index (χ1n) is 3.57. The highest BCUT2D eigenvalue weighted by Gasteiger charge is 2.33. The van der Waals surface area contributed by atoms with Crippen LogP contribution < -0.4 is 0 Å². The Morgan fingerprint density at radius 2 is 2.00 bits per heavy atom. The highest BCUT2D eigenvalue weighted by molar-refractivity contribution is 6.01. The summed E-state index contributed by atoms with van der Waals surface area (Å²) in [5.74, 6) is -0.403. The maximum atomic E-state index is 11.2. The minimum absolute atomic E-state index is 0.403. The van der Waals surface area contributed by atoms with Gasteiger partial charge in [-0.05, 0) is 19.4 Å². The Labute approximate surface area is 69.7 Å². The minimum Gasteiger partial charge on any atom is -0.286 e. The highest BCUT2D eigenvalue weighted by atomic mass is 16.6. The first-order chi connectivity index (χ1) is 5.54. The topological polar surface area (TPSA) is 60.2 Å². The second-order valence-electron chi connectivity index (χ2n) is 2.81. The van der Waals surface area contributed by atoms with Gasteiger partial charge in [0.05, 0.1) is 0 Å². The van der Waals surface area contributed by atoms with Crippen LogP contribution in [-0.2, 0) is 4.79 Å². The van der Waals surface area contributed by atoms with Crippen LogP contribution in [0, 0.1) is 10.1 Å². The fourth-order valence-electron chi connectivity index (χ4n) is 1.11. The molecule has 12 heavy (non-hydrogen) atoms. The van der Waals surface area contributed by atoms with Crippen molar-refractivity contribution in [3.8, 4) is 0 Å². The van der Waals surface area contributed by atoms with E-state index in [1.165, 1.54) is 0 Å². The van der Waals surface area contributed by atoms with E-state index < -0.39 is 16.7 Å². The lowest BCUT2D eigenvalue weighted by molar-refractivity contribution is -0.497. The lowest BCUT2D eigenvalue weighted by atomic mass is 9.94. The summed E-state index contributed by atoms with van der Waals surface area (Å²) in [5, 5.41) is 10.4. The number of rotatable bonds is 1. The Hall–Kier alpha value is -1.45. The third-order valence-corrected chi connectivity index (χ3v) is 1.88. The van der Waals surface area contributed by atoms with Crippen molar-refractivity contribution >= 4 is 5.78 Å². The molecule has 0 aromatic rings. The second kappa shape index (κ2) is 2.89. The average molecular weight is 167 g/mol.